The third-order valence-electron chi connectivity index (χ3n) is 4.56. The summed E-state index contributed by atoms with van der Waals surface area (Å²) < 4.78 is 36.6. The molecule has 166 valence electrons. The van der Waals surface area contributed by atoms with Crippen LogP contribution in [0.15, 0.2) is 77.7 Å². The number of benzene rings is 3. The lowest BCUT2D eigenvalue weighted by Gasteiger charge is -2.10. The Balaban J connectivity index is 1.48. The molecular weight excluding hydrogens is 433 g/mol. The smallest absolute Gasteiger partial charge is 0.251 e. The molecule has 0 heterocycles. The summed E-state index contributed by atoms with van der Waals surface area (Å²) in [7, 11) is -3.29. The molecule has 0 saturated heterocycles. The van der Waals surface area contributed by atoms with Crippen LogP contribution in [0.4, 0.5) is 15.8 Å². The van der Waals surface area contributed by atoms with Crippen molar-refractivity contribution in [1.82, 2.24) is 5.32 Å². The fourth-order valence-corrected chi connectivity index (χ4v) is 3.46. The first kappa shape index (κ1) is 23.0. The van der Waals surface area contributed by atoms with Crippen LogP contribution in [0.5, 0.6) is 0 Å². The molecule has 0 aromatic heterocycles. The van der Waals surface area contributed by atoms with Crippen LogP contribution in [0.1, 0.15) is 15.9 Å². The average molecular weight is 456 g/mol. The van der Waals surface area contributed by atoms with Crippen molar-refractivity contribution in [3.8, 4) is 0 Å². The molecule has 3 rings (SSSR count). The van der Waals surface area contributed by atoms with Gasteiger partial charge in [0.15, 0.2) is 9.84 Å². The fraction of sp³-hybridized carbons (Fsp3) is 0.130. The van der Waals surface area contributed by atoms with E-state index < -0.39 is 9.84 Å². The average Bonchev–Trinajstić information content (AvgIpc) is 2.77. The molecule has 0 fully saturated rings. The first-order valence-corrected chi connectivity index (χ1v) is 11.6. The topological polar surface area (TPSA) is 104 Å². The minimum Gasteiger partial charge on any atom is -0.376 e. The van der Waals surface area contributed by atoms with Gasteiger partial charge in [0.25, 0.3) is 5.91 Å². The zero-order chi connectivity index (χ0) is 23.1. The molecule has 0 atom stereocenters. The molecule has 0 aliphatic carbocycles. The van der Waals surface area contributed by atoms with Crippen molar-refractivity contribution in [3.63, 3.8) is 0 Å². The molecule has 0 aliphatic heterocycles. The fourth-order valence-electron chi connectivity index (χ4n) is 2.83. The molecular formula is C23H22FN3O4S. The lowest BCUT2D eigenvalue weighted by molar-refractivity contribution is -0.114. The van der Waals surface area contributed by atoms with Crippen molar-refractivity contribution >= 4 is 33.0 Å². The van der Waals surface area contributed by atoms with Crippen LogP contribution in [-0.4, -0.2) is 33.0 Å². The quantitative estimate of drug-likeness (QED) is 0.484. The number of halogens is 1. The van der Waals surface area contributed by atoms with Crippen molar-refractivity contribution in [2.45, 2.75) is 11.4 Å². The van der Waals surface area contributed by atoms with Crippen LogP contribution in [0.2, 0.25) is 0 Å². The van der Waals surface area contributed by atoms with Gasteiger partial charge in [0.2, 0.25) is 5.91 Å². The van der Waals surface area contributed by atoms with E-state index in [-0.39, 0.29) is 35.6 Å². The van der Waals surface area contributed by atoms with Gasteiger partial charge in [-0.05, 0) is 54.6 Å². The summed E-state index contributed by atoms with van der Waals surface area (Å²) in [5.41, 5.74) is 1.92. The Kier molecular flexibility index (Phi) is 7.21. The molecule has 7 nitrogen and oxygen atoms in total. The normalized spacial score (nSPS) is 10.9. The highest BCUT2D eigenvalue weighted by Gasteiger charge is 2.09. The minimum atomic E-state index is -3.29. The first-order chi connectivity index (χ1) is 15.2. The molecule has 0 spiro atoms. The van der Waals surface area contributed by atoms with E-state index in [4.69, 9.17) is 0 Å². The third kappa shape index (κ3) is 6.39. The van der Waals surface area contributed by atoms with Crippen molar-refractivity contribution in [2.75, 3.05) is 23.4 Å². The van der Waals surface area contributed by atoms with Gasteiger partial charge < -0.3 is 16.0 Å². The van der Waals surface area contributed by atoms with Crippen LogP contribution in [0.3, 0.4) is 0 Å². The Bertz CT molecular complexity index is 1210. The second kappa shape index (κ2) is 10.1. The molecule has 9 heteroatoms. The van der Waals surface area contributed by atoms with Crippen LogP contribution in [0, 0.1) is 5.82 Å². The number of sulfone groups is 1. The lowest BCUT2D eigenvalue weighted by Crippen LogP contribution is -2.23. The number of nitrogens with one attached hydrogen (secondary N) is 3. The molecule has 0 unspecified atom stereocenters. The Morgan fingerprint density at radius 3 is 2.12 bits per heavy atom. The van der Waals surface area contributed by atoms with Crippen molar-refractivity contribution in [1.29, 1.82) is 0 Å². The second-order valence-electron chi connectivity index (χ2n) is 7.05. The van der Waals surface area contributed by atoms with Gasteiger partial charge in [-0.15, -0.1) is 0 Å². The number of hydrogen-bond donors (Lipinski definition) is 3. The van der Waals surface area contributed by atoms with Gasteiger partial charge in [-0.2, -0.15) is 0 Å². The van der Waals surface area contributed by atoms with E-state index in [9.17, 15) is 22.4 Å². The molecule has 3 aromatic rings. The van der Waals surface area contributed by atoms with Gasteiger partial charge in [-0.3, -0.25) is 9.59 Å². The SMILES string of the molecule is CS(=O)(=O)c1ccc(NC(=O)CNc2ccc(C(=O)NCc3ccccc3F)cc2)cc1. The van der Waals surface area contributed by atoms with E-state index in [1.54, 1.807) is 42.5 Å². The number of hydrogen-bond acceptors (Lipinski definition) is 5. The summed E-state index contributed by atoms with van der Waals surface area (Å²) in [5, 5.41) is 8.27. The first-order valence-electron chi connectivity index (χ1n) is 9.68. The minimum absolute atomic E-state index is 0.0212. The van der Waals surface area contributed by atoms with E-state index in [0.717, 1.165) is 6.26 Å². The van der Waals surface area contributed by atoms with E-state index in [0.29, 0.717) is 22.5 Å². The Labute approximate surface area is 185 Å². The number of anilines is 2. The van der Waals surface area contributed by atoms with Gasteiger partial charge in [0, 0.05) is 35.3 Å². The van der Waals surface area contributed by atoms with Gasteiger partial charge in [-0.25, -0.2) is 12.8 Å². The molecule has 0 aliphatic rings. The summed E-state index contributed by atoms with van der Waals surface area (Å²) in [6.45, 7) is 0.0590. The highest BCUT2D eigenvalue weighted by molar-refractivity contribution is 7.90. The van der Waals surface area contributed by atoms with Gasteiger partial charge in [-0.1, -0.05) is 18.2 Å². The molecule has 0 saturated carbocycles. The number of amides is 2. The number of carbonyl (C=O) groups is 2. The maximum atomic E-state index is 13.6. The molecule has 0 radical (unpaired) electrons. The number of carbonyl (C=O) groups excluding carboxylic acids is 2. The highest BCUT2D eigenvalue weighted by Crippen LogP contribution is 2.14. The molecule has 32 heavy (non-hydrogen) atoms. The molecule has 2 amide bonds. The maximum absolute atomic E-state index is 13.6. The van der Waals surface area contributed by atoms with E-state index >= 15 is 0 Å². The van der Waals surface area contributed by atoms with E-state index in [1.165, 1.54) is 30.3 Å². The Morgan fingerprint density at radius 2 is 1.50 bits per heavy atom. The number of rotatable bonds is 8. The Hall–Kier alpha value is -3.72. The highest BCUT2D eigenvalue weighted by atomic mass is 32.2. The standard InChI is InChI=1S/C23H22FN3O4S/c1-32(30,31)20-12-10-19(11-13-20)27-22(28)15-25-18-8-6-16(7-9-18)23(29)26-14-17-4-2-3-5-21(17)24/h2-13,25H,14-15H2,1H3,(H,26,29)(H,27,28). The van der Waals surface area contributed by atoms with Crippen LogP contribution >= 0.6 is 0 Å². The lowest BCUT2D eigenvalue weighted by atomic mass is 10.1. The molecule has 0 bridgehead atoms. The van der Waals surface area contributed by atoms with E-state index in [2.05, 4.69) is 16.0 Å². The summed E-state index contributed by atoms with van der Waals surface area (Å²) in [4.78, 5) is 24.5. The van der Waals surface area contributed by atoms with Gasteiger partial charge >= 0.3 is 0 Å². The largest absolute Gasteiger partial charge is 0.376 e. The zero-order valence-electron chi connectivity index (χ0n) is 17.3. The van der Waals surface area contributed by atoms with Gasteiger partial charge in [0.05, 0.1) is 11.4 Å². The maximum Gasteiger partial charge on any atom is 0.251 e. The van der Waals surface area contributed by atoms with Crippen LogP contribution < -0.4 is 16.0 Å². The predicted molar refractivity (Wildman–Crippen MR) is 121 cm³/mol. The summed E-state index contributed by atoms with van der Waals surface area (Å²) >= 11 is 0. The van der Waals surface area contributed by atoms with E-state index in [1.807, 2.05) is 0 Å². The second-order valence-corrected chi connectivity index (χ2v) is 9.07. The summed E-state index contributed by atoms with van der Waals surface area (Å²) in [5.74, 6) is -1.03. The van der Waals surface area contributed by atoms with Crippen LogP contribution in [0.25, 0.3) is 0 Å². The third-order valence-corrected chi connectivity index (χ3v) is 5.69. The van der Waals surface area contributed by atoms with Gasteiger partial charge in [0.1, 0.15) is 5.82 Å². The van der Waals surface area contributed by atoms with Crippen molar-refractivity contribution < 1.29 is 22.4 Å². The van der Waals surface area contributed by atoms with Crippen LogP contribution in [-0.2, 0) is 21.2 Å². The zero-order valence-corrected chi connectivity index (χ0v) is 18.1. The predicted octanol–water partition coefficient (Wildman–Crippen LogP) is 3.21. The molecule has 3 N–H and O–H groups in total. The molecule has 3 aromatic carbocycles. The summed E-state index contributed by atoms with van der Waals surface area (Å²) in [6, 6.07) is 18.6. The Morgan fingerprint density at radius 1 is 0.875 bits per heavy atom. The monoisotopic (exact) mass is 455 g/mol. The van der Waals surface area contributed by atoms with Crippen molar-refractivity contribution in [2.24, 2.45) is 0 Å². The summed E-state index contributed by atoms with van der Waals surface area (Å²) in [6.07, 6.45) is 1.11. The van der Waals surface area contributed by atoms with Crippen molar-refractivity contribution in [3.05, 3.63) is 89.7 Å².